The van der Waals surface area contributed by atoms with Crippen LogP contribution in [0.15, 0.2) is 24.3 Å². The summed E-state index contributed by atoms with van der Waals surface area (Å²) in [6.45, 7) is 7.93. The quantitative estimate of drug-likeness (QED) is 0.873. The van der Waals surface area contributed by atoms with Crippen molar-refractivity contribution in [3.8, 4) is 5.75 Å². The number of benzene rings is 1. The van der Waals surface area contributed by atoms with Gasteiger partial charge in [-0.2, -0.15) is 0 Å². The van der Waals surface area contributed by atoms with E-state index in [2.05, 4.69) is 16.7 Å². The van der Waals surface area contributed by atoms with Crippen LogP contribution in [-0.2, 0) is 0 Å². The van der Waals surface area contributed by atoms with Crippen LogP contribution in [0.3, 0.4) is 0 Å². The van der Waals surface area contributed by atoms with Gasteiger partial charge in [-0.05, 0) is 70.9 Å². The molecule has 2 aliphatic heterocycles. The first-order chi connectivity index (χ1) is 11.2. The second kappa shape index (κ2) is 8.13. The number of β-amino-alcohol motifs (C(OH)–C–C–N with tert-alkyl or cyclic N) is 1. The molecule has 1 N–H and O–H groups in total. The van der Waals surface area contributed by atoms with Gasteiger partial charge in [-0.25, -0.2) is 0 Å². The summed E-state index contributed by atoms with van der Waals surface area (Å²) in [5.41, 5.74) is 1.22. The van der Waals surface area contributed by atoms with Crippen LogP contribution < -0.4 is 4.74 Å². The molecule has 1 aromatic rings. The summed E-state index contributed by atoms with van der Waals surface area (Å²) < 4.78 is 5.68. The number of rotatable bonds is 6. The molecule has 0 unspecified atom stereocenters. The van der Waals surface area contributed by atoms with Crippen molar-refractivity contribution < 1.29 is 9.84 Å². The highest BCUT2D eigenvalue weighted by Crippen LogP contribution is 2.21. The molecule has 0 saturated carbocycles. The van der Waals surface area contributed by atoms with Gasteiger partial charge in [0.25, 0.3) is 0 Å². The van der Waals surface area contributed by atoms with Crippen LogP contribution in [0.2, 0.25) is 0 Å². The fourth-order valence-corrected chi connectivity index (χ4v) is 3.75. The molecular formula is C19H30N2O2. The molecule has 0 radical (unpaired) electrons. The van der Waals surface area contributed by atoms with E-state index in [4.69, 9.17) is 4.74 Å². The van der Waals surface area contributed by atoms with Crippen molar-refractivity contribution >= 4 is 0 Å². The fourth-order valence-electron chi connectivity index (χ4n) is 3.75. The number of aliphatic hydroxyl groups is 1. The van der Waals surface area contributed by atoms with E-state index in [0.29, 0.717) is 6.61 Å². The van der Waals surface area contributed by atoms with Crippen LogP contribution in [0.4, 0.5) is 0 Å². The molecule has 1 atom stereocenters. The Morgan fingerprint density at radius 2 is 1.74 bits per heavy atom. The molecule has 4 nitrogen and oxygen atoms in total. The first-order valence-corrected chi connectivity index (χ1v) is 9.04. The van der Waals surface area contributed by atoms with Crippen molar-refractivity contribution in [1.82, 2.24) is 9.80 Å². The fraction of sp³-hybridized carbons (Fsp3) is 0.684. The Kier molecular flexibility index (Phi) is 5.92. The minimum absolute atomic E-state index is 0.370. The van der Waals surface area contributed by atoms with E-state index < -0.39 is 6.10 Å². The number of hydrogen-bond donors (Lipinski definition) is 1. The normalized spacial score (nSPS) is 22.3. The smallest absolute Gasteiger partial charge is 0.119 e. The van der Waals surface area contributed by atoms with Crippen molar-refractivity contribution in [2.45, 2.75) is 44.8 Å². The van der Waals surface area contributed by atoms with Crippen LogP contribution in [0.1, 0.15) is 31.2 Å². The third kappa shape index (κ3) is 4.93. The number of nitrogens with zero attached hydrogens (tertiary/aromatic N) is 2. The maximum absolute atomic E-state index is 10.2. The lowest BCUT2D eigenvalue weighted by atomic mass is 10.0. The molecule has 4 heteroatoms. The van der Waals surface area contributed by atoms with Gasteiger partial charge in [0, 0.05) is 12.6 Å². The van der Waals surface area contributed by atoms with Gasteiger partial charge in [-0.1, -0.05) is 17.7 Å². The Bertz CT molecular complexity index is 463. The van der Waals surface area contributed by atoms with Crippen LogP contribution in [0.5, 0.6) is 5.75 Å². The first-order valence-electron chi connectivity index (χ1n) is 9.04. The van der Waals surface area contributed by atoms with E-state index in [1.54, 1.807) is 0 Å². The second-order valence-electron chi connectivity index (χ2n) is 7.05. The Morgan fingerprint density at radius 1 is 1.09 bits per heavy atom. The Labute approximate surface area is 140 Å². The van der Waals surface area contributed by atoms with E-state index in [1.165, 1.54) is 44.3 Å². The molecular weight excluding hydrogens is 288 g/mol. The maximum atomic E-state index is 10.2. The summed E-state index contributed by atoms with van der Waals surface area (Å²) in [5, 5.41) is 10.2. The SMILES string of the molecule is Cc1ccc(OC[C@@H](O)CN2CCC(N3CCCC3)CC2)cc1. The third-order valence-corrected chi connectivity index (χ3v) is 5.15. The number of aryl methyl sites for hydroxylation is 1. The lowest BCUT2D eigenvalue weighted by molar-refractivity contribution is 0.0476. The summed E-state index contributed by atoms with van der Waals surface area (Å²) >= 11 is 0. The molecule has 0 aliphatic carbocycles. The van der Waals surface area contributed by atoms with E-state index in [0.717, 1.165) is 31.4 Å². The molecule has 3 rings (SSSR count). The zero-order valence-corrected chi connectivity index (χ0v) is 14.3. The average molecular weight is 318 g/mol. The van der Waals surface area contributed by atoms with Gasteiger partial charge in [0.1, 0.15) is 18.5 Å². The molecule has 0 bridgehead atoms. The first kappa shape index (κ1) is 16.7. The van der Waals surface area contributed by atoms with E-state index in [1.807, 2.05) is 24.3 Å². The standard InChI is InChI=1S/C19H30N2O2/c1-16-4-6-19(7-5-16)23-15-18(22)14-20-12-8-17(9-13-20)21-10-2-3-11-21/h4-7,17-18,22H,2-3,8-15H2,1H3/t18-/m0/s1. The zero-order chi connectivity index (χ0) is 16.1. The average Bonchev–Trinajstić information content (AvgIpc) is 3.09. The van der Waals surface area contributed by atoms with Gasteiger partial charge in [-0.15, -0.1) is 0 Å². The van der Waals surface area contributed by atoms with Gasteiger partial charge in [-0.3, -0.25) is 0 Å². The minimum atomic E-state index is -0.417. The van der Waals surface area contributed by atoms with Crippen molar-refractivity contribution in [1.29, 1.82) is 0 Å². The number of aliphatic hydroxyl groups excluding tert-OH is 1. The molecule has 0 amide bonds. The molecule has 0 aromatic heterocycles. The van der Waals surface area contributed by atoms with Gasteiger partial charge in [0.05, 0.1) is 0 Å². The van der Waals surface area contributed by atoms with Crippen molar-refractivity contribution in [3.63, 3.8) is 0 Å². The van der Waals surface area contributed by atoms with Gasteiger partial charge in [0.15, 0.2) is 0 Å². The van der Waals surface area contributed by atoms with Gasteiger partial charge >= 0.3 is 0 Å². The Morgan fingerprint density at radius 3 is 2.39 bits per heavy atom. The molecule has 128 valence electrons. The topological polar surface area (TPSA) is 35.9 Å². The van der Waals surface area contributed by atoms with E-state index in [-0.39, 0.29) is 0 Å². The molecule has 0 spiro atoms. The second-order valence-corrected chi connectivity index (χ2v) is 7.05. The number of piperidine rings is 1. The number of likely N-dealkylation sites (tertiary alicyclic amines) is 2. The van der Waals surface area contributed by atoms with Crippen molar-refractivity contribution in [2.24, 2.45) is 0 Å². The predicted molar refractivity (Wildman–Crippen MR) is 92.9 cm³/mol. The highest BCUT2D eigenvalue weighted by atomic mass is 16.5. The van der Waals surface area contributed by atoms with E-state index in [9.17, 15) is 5.11 Å². The molecule has 2 saturated heterocycles. The van der Waals surface area contributed by atoms with Gasteiger partial charge < -0.3 is 19.6 Å². The maximum Gasteiger partial charge on any atom is 0.119 e. The largest absolute Gasteiger partial charge is 0.491 e. The lowest BCUT2D eigenvalue weighted by Gasteiger charge is -2.37. The minimum Gasteiger partial charge on any atom is -0.491 e. The summed E-state index contributed by atoms with van der Waals surface area (Å²) in [5.74, 6) is 0.836. The Balaban J connectivity index is 1.35. The zero-order valence-electron chi connectivity index (χ0n) is 14.3. The molecule has 2 fully saturated rings. The summed E-state index contributed by atoms with van der Waals surface area (Å²) in [6.07, 6.45) is 4.81. The van der Waals surface area contributed by atoms with Crippen LogP contribution in [0.25, 0.3) is 0 Å². The molecule has 2 aliphatic rings. The van der Waals surface area contributed by atoms with Crippen LogP contribution in [0, 0.1) is 6.92 Å². The molecule has 23 heavy (non-hydrogen) atoms. The third-order valence-electron chi connectivity index (χ3n) is 5.15. The summed E-state index contributed by atoms with van der Waals surface area (Å²) in [4.78, 5) is 5.05. The predicted octanol–water partition coefficient (Wildman–Crippen LogP) is 2.29. The van der Waals surface area contributed by atoms with Crippen LogP contribution in [-0.4, -0.2) is 66.4 Å². The highest BCUT2D eigenvalue weighted by Gasteiger charge is 2.27. The summed E-state index contributed by atoms with van der Waals surface area (Å²) in [6, 6.07) is 8.76. The number of ether oxygens (including phenoxy) is 1. The molecule has 2 heterocycles. The molecule has 1 aromatic carbocycles. The highest BCUT2D eigenvalue weighted by molar-refractivity contribution is 5.26. The van der Waals surface area contributed by atoms with E-state index >= 15 is 0 Å². The number of hydrogen-bond acceptors (Lipinski definition) is 4. The van der Waals surface area contributed by atoms with Crippen molar-refractivity contribution in [3.05, 3.63) is 29.8 Å². The Hall–Kier alpha value is -1.10. The van der Waals surface area contributed by atoms with Crippen molar-refractivity contribution in [2.75, 3.05) is 39.3 Å². The van der Waals surface area contributed by atoms with Crippen LogP contribution >= 0.6 is 0 Å². The lowest BCUT2D eigenvalue weighted by Crippen LogP contribution is -2.46. The van der Waals surface area contributed by atoms with Gasteiger partial charge in [0.2, 0.25) is 0 Å². The summed E-state index contributed by atoms with van der Waals surface area (Å²) in [7, 11) is 0. The monoisotopic (exact) mass is 318 g/mol.